The molecule has 0 fully saturated rings. The molecule has 0 aliphatic rings. The molecule has 2 nitrogen and oxygen atoms in total. The number of hydrogen-bond acceptors (Lipinski definition) is 2. The number of para-hydroxylation sites is 1. The molecule has 0 bridgehead atoms. The standard InChI is InChI=1S/C10H11NOS/c1-13-6-8-5-7-3-2-4-9(12)10(7)11-8/h2-5,11-12H,6H2,1H3. The molecule has 0 radical (unpaired) electrons. The highest BCUT2D eigenvalue weighted by Crippen LogP contribution is 2.25. The Morgan fingerprint density at radius 3 is 3.00 bits per heavy atom. The zero-order chi connectivity index (χ0) is 9.26. The monoisotopic (exact) mass is 193 g/mol. The fraction of sp³-hybridized carbons (Fsp3) is 0.200. The summed E-state index contributed by atoms with van der Waals surface area (Å²) in [5.41, 5.74) is 2.00. The number of phenolic OH excluding ortho intramolecular Hbond substituents is 1. The van der Waals surface area contributed by atoms with Crippen LogP contribution in [0.4, 0.5) is 0 Å². The summed E-state index contributed by atoms with van der Waals surface area (Å²) in [5, 5.41) is 10.6. The molecule has 0 saturated heterocycles. The van der Waals surface area contributed by atoms with Gasteiger partial charge < -0.3 is 10.1 Å². The van der Waals surface area contributed by atoms with E-state index in [1.807, 2.05) is 12.1 Å². The van der Waals surface area contributed by atoms with Gasteiger partial charge in [0.15, 0.2) is 0 Å². The van der Waals surface area contributed by atoms with E-state index < -0.39 is 0 Å². The largest absolute Gasteiger partial charge is 0.506 e. The molecule has 1 aromatic carbocycles. The summed E-state index contributed by atoms with van der Waals surface area (Å²) in [7, 11) is 0. The van der Waals surface area contributed by atoms with Crippen molar-refractivity contribution in [3.05, 3.63) is 30.0 Å². The average Bonchev–Trinajstić information content (AvgIpc) is 2.49. The molecular weight excluding hydrogens is 182 g/mol. The van der Waals surface area contributed by atoms with Crippen molar-refractivity contribution in [2.75, 3.05) is 6.26 Å². The lowest BCUT2D eigenvalue weighted by atomic mass is 10.2. The van der Waals surface area contributed by atoms with Crippen molar-refractivity contribution >= 4 is 22.7 Å². The Kier molecular flexibility index (Phi) is 2.19. The molecule has 1 aromatic heterocycles. The summed E-state index contributed by atoms with van der Waals surface area (Å²) in [6.07, 6.45) is 2.06. The van der Waals surface area contributed by atoms with Gasteiger partial charge in [0.1, 0.15) is 5.75 Å². The van der Waals surface area contributed by atoms with Gasteiger partial charge in [0.25, 0.3) is 0 Å². The van der Waals surface area contributed by atoms with Crippen molar-refractivity contribution in [2.24, 2.45) is 0 Å². The molecule has 2 aromatic rings. The molecule has 0 aliphatic heterocycles. The Morgan fingerprint density at radius 2 is 2.31 bits per heavy atom. The molecule has 0 saturated carbocycles. The van der Waals surface area contributed by atoms with Crippen LogP contribution >= 0.6 is 11.8 Å². The van der Waals surface area contributed by atoms with Crippen LogP contribution in [0, 0.1) is 0 Å². The lowest BCUT2D eigenvalue weighted by Gasteiger charge is -1.92. The van der Waals surface area contributed by atoms with Gasteiger partial charge in [-0.2, -0.15) is 11.8 Å². The second-order valence-electron chi connectivity index (χ2n) is 2.97. The summed E-state index contributed by atoms with van der Waals surface area (Å²) in [5.74, 6) is 1.28. The highest BCUT2D eigenvalue weighted by molar-refractivity contribution is 7.97. The fourth-order valence-corrected chi connectivity index (χ4v) is 1.90. The van der Waals surface area contributed by atoms with Crippen LogP contribution in [0.25, 0.3) is 10.9 Å². The number of aromatic hydroxyl groups is 1. The van der Waals surface area contributed by atoms with E-state index in [9.17, 15) is 5.11 Å². The summed E-state index contributed by atoms with van der Waals surface area (Å²) in [4.78, 5) is 3.19. The van der Waals surface area contributed by atoms with Gasteiger partial charge in [0, 0.05) is 16.8 Å². The van der Waals surface area contributed by atoms with Gasteiger partial charge in [-0.1, -0.05) is 12.1 Å². The van der Waals surface area contributed by atoms with E-state index in [-0.39, 0.29) is 0 Å². The zero-order valence-corrected chi connectivity index (χ0v) is 8.19. The van der Waals surface area contributed by atoms with Crippen molar-refractivity contribution in [1.82, 2.24) is 4.98 Å². The van der Waals surface area contributed by atoms with E-state index in [2.05, 4.69) is 17.3 Å². The van der Waals surface area contributed by atoms with Crippen LogP contribution in [0.15, 0.2) is 24.3 Å². The quantitative estimate of drug-likeness (QED) is 0.769. The van der Waals surface area contributed by atoms with E-state index in [1.165, 1.54) is 0 Å². The third-order valence-electron chi connectivity index (χ3n) is 1.99. The minimum atomic E-state index is 0.324. The van der Waals surface area contributed by atoms with Crippen molar-refractivity contribution in [3.8, 4) is 5.75 Å². The highest BCUT2D eigenvalue weighted by atomic mass is 32.2. The Hall–Kier alpha value is -1.09. The van der Waals surface area contributed by atoms with Gasteiger partial charge in [0.05, 0.1) is 5.52 Å². The number of fused-ring (bicyclic) bond motifs is 1. The number of aromatic nitrogens is 1. The molecule has 68 valence electrons. The lowest BCUT2D eigenvalue weighted by Crippen LogP contribution is -1.76. The minimum Gasteiger partial charge on any atom is -0.506 e. The summed E-state index contributed by atoms with van der Waals surface area (Å²) in [6.45, 7) is 0. The second kappa shape index (κ2) is 3.34. The van der Waals surface area contributed by atoms with Crippen LogP contribution in [-0.2, 0) is 5.75 Å². The first-order valence-electron chi connectivity index (χ1n) is 4.10. The number of nitrogens with one attached hydrogen (secondary N) is 1. The summed E-state index contributed by atoms with van der Waals surface area (Å²) in [6, 6.07) is 7.62. The van der Waals surface area contributed by atoms with E-state index in [1.54, 1.807) is 17.8 Å². The average molecular weight is 193 g/mol. The SMILES string of the molecule is CSCc1cc2cccc(O)c2[nH]1. The Morgan fingerprint density at radius 1 is 1.46 bits per heavy atom. The van der Waals surface area contributed by atoms with Gasteiger partial charge in [-0.25, -0.2) is 0 Å². The molecular formula is C10H11NOS. The van der Waals surface area contributed by atoms with Gasteiger partial charge in [-0.05, 0) is 18.4 Å². The van der Waals surface area contributed by atoms with Crippen LogP contribution in [0.3, 0.4) is 0 Å². The van der Waals surface area contributed by atoms with Crippen molar-refractivity contribution in [1.29, 1.82) is 0 Å². The van der Waals surface area contributed by atoms with E-state index >= 15 is 0 Å². The Balaban J connectivity index is 2.55. The highest BCUT2D eigenvalue weighted by Gasteiger charge is 2.02. The number of rotatable bonds is 2. The molecule has 2 rings (SSSR count). The van der Waals surface area contributed by atoms with Crippen LogP contribution in [-0.4, -0.2) is 16.3 Å². The molecule has 13 heavy (non-hydrogen) atoms. The summed E-state index contributed by atoms with van der Waals surface area (Å²) < 4.78 is 0. The maximum Gasteiger partial charge on any atom is 0.139 e. The lowest BCUT2D eigenvalue weighted by molar-refractivity contribution is 0.480. The topological polar surface area (TPSA) is 36.0 Å². The third kappa shape index (κ3) is 1.52. The maximum atomic E-state index is 9.51. The Labute approximate surface area is 81.0 Å². The van der Waals surface area contributed by atoms with Gasteiger partial charge in [-0.3, -0.25) is 0 Å². The minimum absolute atomic E-state index is 0.324. The Bertz CT molecular complexity index is 422. The molecule has 2 N–H and O–H groups in total. The number of aromatic amines is 1. The second-order valence-corrected chi connectivity index (χ2v) is 3.83. The molecule has 1 heterocycles. The van der Waals surface area contributed by atoms with Crippen molar-refractivity contribution < 1.29 is 5.11 Å². The summed E-state index contributed by atoms with van der Waals surface area (Å²) >= 11 is 1.76. The number of H-pyrrole nitrogens is 1. The van der Waals surface area contributed by atoms with Crippen LogP contribution in [0.1, 0.15) is 5.69 Å². The number of phenols is 1. The first kappa shape index (κ1) is 8.51. The normalized spacial score (nSPS) is 10.8. The molecule has 0 unspecified atom stereocenters. The molecule has 0 amide bonds. The van der Waals surface area contributed by atoms with Gasteiger partial charge in [0.2, 0.25) is 0 Å². The van der Waals surface area contributed by atoms with Crippen LogP contribution in [0.5, 0.6) is 5.75 Å². The number of thioether (sulfide) groups is 1. The van der Waals surface area contributed by atoms with Gasteiger partial charge >= 0.3 is 0 Å². The van der Waals surface area contributed by atoms with Gasteiger partial charge in [-0.15, -0.1) is 0 Å². The van der Waals surface area contributed by atoms with E-state index in [0.717, 1.165) is 22.3 Å². The smallest absolute Gasteiger partial charge is 0.139 e. The molecule has 0 aliphatic carbocycles. The number of benzene rings is 1. The number of hydrogen-bond donors (Lipinski definition) is 2. The van der Waals surface area contributed by atoms with Crippen molar-refractivity contribution in [3.63, 3.8) is 0 Å². The first-order chi connectivity index (χ1) is 6.31. The van der Waals surface area contributed by atoms with Crippen LogP contribution < -0.4 is 0 Å². The van der Waals surface area contributed by atoms with E-state index in [4.69, 9.17) is 0 Å². The maximum absolute atomic E-state index is 9.51. The molecule has 0 atom stereocenters. The van der Waals surface area contributed by atoms with E-state index in [0.29, 0.717) is 5.75 Å². The van der Waals surface area contributed by atoms with Crippen LogP contribution in [0.2, 0.25) is 0 Å². The fourth-order valence-electron chi connectivity index (χ4n) is 1.43. The zero-order valence-electron chi connectivity index (χ0n) is 7.37. The molecule has 3 heteroatoms. The van der Waals surface area contributed by atoms with Crippen molar-refractivity contribution in [2.45, 2.75) is 5.75 Å². The third-order valence-corrected chi connectivity index (χ3v) is 2.59. The predicted molar refractivity (Wildman–Crippen MR) is 57.2 cm³/mol. The molecule has 0 spiro atoms. The first-order valence-corrected chi connectivity index (χ1v) is 5.49. The predicted octanol–water partition coefficient (Wildman–Crippen LogP) is 2.74.